The van der Waals surface area contributed by atoms with Crippen LogP contribution in [0.2, 0.25) is 0 Å². The minimum absolute atomic E-state index is 0.0785. The number of hydrogen-bond donors (Lipinski definition) is 2. The molecule has 168 valence electrons. The van der Waals surface area contributed by atoms with Crippen molar-refractivity contribution in [2.45, 2.75) is 46.8 Å². The Balaban J connectivity index is 2.06. The van der Waals surface area contributed by atoms with E-state index in [-0.39, 0.29) is 36.0 Å². The minimum Gasteiger partial charge on any atom is -0.468 e. The molecule has 0 aromatic carbocycles. The molecule has 0 aliphatic rings. The maximum Gasteiger partial charge on any atom is 0.422 e. The second kappa shape index (κ2) is 10.2. The van der Waals surface area contributed by atoms with Crippen molar-refractivity contribution >= 4 is 17.6 Å². The average Bonchev–Trinajstić information content (AvgIpc) is 2.69. The van der Waals surface area contributed by atoms with E-state index in [2.05, 4.69) is 20.6 Å². The third-order valence-electron chi connectivity index (χ3n) is 4.18. The topological polar surface area (TPSA) is 93.2 Å². The number of pyridine rings is 2. The van der Waals surface area contributed by atoms with Crippen LogP contribution < -0.4 is 15.4 Å². The molecule has 2 aromatic rings. The van der Waals surface area contributed by atoms with Crippen molar-refractivity contribution in [3.8, 4) is 5.88 Å². The number of rotatable bonds is 8. The summed E-state index contributed by atoms with van der Waals surface area (Å²) < 4.78 is 41.8. The Kier molecular flexibility index (Phi) is 7.95. The smallest absolute Gasteiger partial charge is 0.422 e. The second-order valence-corrected chi connectivity index (χ2v) is 7.27. The van der Waals surface area contributed by atoms with E-state index in [1.54, 1.807) is 39.8 Å². The van der Waals surface area contributed by atoms with Crippen LogP contribution in [0.5, 0.6) is 5.88 Å². The van der Waals surface area contributed by atoms with Crippen LogP contribution in [-0.4, -0.2) is 34.6 Å². The van der Waals surface area contributed by atoms with Crippen LogP contribution in [0.15, 0.2) is 24.4 Å². The Bertz CT molecular complexity index is 946. The average molecular weight is 438 g/mol. The molecule has 2 N–H and O–H groups in total. The summed E-state index contributed by atoms with van der Waals surface area (Å²) in [5, 5.41) is 5.39. The first kappa shape index (κ1) is 24.1. The zero-order chi connectivity index (χ0) is 23.2. The molecule has 0 bridgehead atoms. The van der Waals surface area contributed by atoms with Crippen molar-refractivity contribution in [3.05, 3.63) is 46.8 Å². The molecule has 2 amide bonds. The van der Waals surface area contributed by atoms with Gasteiger partial charge in [0.1, 0.15) is 5.82 Å². The molecule has 0 aliphatic carbocycles. The number of carbonyl (C=O) groups is 2. The van der Waals surface area contributed by atoms with Crippen LogP contribution in [0.25, 0.3) is 0 Å². The van der Waals surface area contributed by atoms with Gasteiger partial charge in [-0.3, -0.25) is 9.59 Å². The highest BCUT2D eigenvalue weighted by atomic mass is 19.4. The van der Waals surface area contributed by atoms with E-state index in [4.69, 9.17) is 4.74 Å². The number of nitrogens with zero attached hydrogens (tertiary/aromatic N) is 2. The molecule has 0 saturated heterocycles. The number of amides is 2. The van der Waals surface area contributed by atoms with Gasteiger partial charge in [-0.1, -0.05) is 20.8 Å². The molecule has 31 heavy (non-hydrogen) atoms. The second-order valence-electron chi connectivity index (χ2n) is 7.27. The summed E-state index contributed by atoms with van der Waals surface area (Å²) in [6, 6.07) is 4.71. The van der Waals surface area contributed by atoms with Gasteiger partial charge in [-0.2, -0.15) is 13.2 Å². The molecule has 0 saturated carbocycles. The normalized spacial score (nSPS) is 11.4. The summed E-state index contributed by atoms with van der Waals surface area (Å²) in [6.45, 7) is 5.67. The van der Waals surface area contributed by atoms with E-state index in [1.165, 1.54) is 12.3 Å². The first-order chi connectivity index (χ1) is 14.5. The first-order valence-electron chi connectivity index (χ1n) is 9.73. The number of aromatic nitrogens is 2. The van der Waals surface area contributed by atoms with Crippen LogP contribution in [0.3, 0.4) is 0 Å². The number of ether oxygens (including phenoxy) is 1. The molecular formula is C21H25F3N4O3. The van der Waals surface area contributed by atoms with Crippen molar-refractivity contribution in [3.63, 3.8) is 0 Å². The van der Waals surface area contributed by atoms with Crippen molar-refractivity contribution in [1.29, 1.82) is 0 Å². The Hall–Kier alpha value is -3.17. The van der Waals surface area contributed by atoms with Crippen molar-refractivity contribution in [1.82, 2.24) is 15.3 Å². The molecule has 2 aromatic heterocycles. The molecule has 10 heteroatoms. The lowest BCUT2D eigenvalue weighted by atomic mass is 10.1. The van der Waals surface area contributed by atoms with Gasteiger partial charge in [0.2, 0.25) is 11.8 Å². The van der Waals surface area contributed by atoms with Gasteiger partial charge in [0.25, 0.3) is 5.91 Å². The lowest BCUT2D eigenvalue weighted by Gasteiger charge is -2.13. The lowest BCUT2D eigenvalue weighted by molar-refractivity contribution is -0.154. The lowest BCUT2D eigenvalue weighted by Crippen LogP contribution is -2.24. The van der Waals surface area contributed by atoms with Gasteiger partial charge in [0.15, 0.2) is 6.61 Å². The predicted octanol–water partition coefficient (Wildman–Crippen LogP) is 3.81. The van der Waals surface area contributed by atoms with Crippen LogP contribution >= 0.6 is 0 Å². The zero-order valence-corrected chi connectivity index (χ0v) is 17.8. The monoisotopic (exact) mass is 438 g/mol. The fourth-order valence-corrected chi connectivity index (χ4v) is 2.60. The highest BCUT2D eigenvalue weighted by Gasteiger charge is 2.29. The number of nitrogens with one attached hydrogen (secondary N) is 2. The molecule has 0 radical (unpaired) electrons. The Labute approximate surface area is 178 Å². The third kappa shape index (κ3) is 7.54. The van der Waals surface area contributed by atoms with Crippen LogP contribution in [-0.2, 0) is 17.8 Å². The number of hydrogen-bond acceptors (Lipinski definition) is 5. The molecule has 0 atom stereocenters. The summed E-state index contributed by atoms with van der Waals surface area (Å²) in [7, 11) is 0. The van der Waals surface area contributed by atoms with Gasteiger partial charge in [-0.15, -0.1) is 0 Å². The third-order valence-corrected chi connectivity index (χ3v) is 4.18. The highest BCUT2D eigenvalue weighted by Crippen LogP contribution is 2.21. The van der Waals surface area contributed by atoms with E-state index in [1.807, 2.05) is 0 Å². The summed E-state index contributed by atoms with van der Waals surface area (Å²) in [5.41, 5.74) is 2.01. The Morgan fingerprint density at radius 1 is 1.19 bits per heavy atom. The predicted molar refractivity (Wildman–Crippen MR) is 109 cm³/mol. The van der Waals surface area contributed by atoms with Gasteiger partial charge in [-0.25, -0.2) is 9.97 Å². The van der Waals surface area contributed by atoms with Gasteiger partial charge < -0.3 is 15.4 Å². The summed E-state index contributed by atoms with van der Waals surface area (Å²) >= 11 is 0. The van der Waals surface area contributed by atoms with Crippen LogP contribution in [0, 0.1) is 12.8 Å². The molecular weight excluding hydrogens is 413 g/mol. The number of halogens is 3. The molecule has 7 nitrogen and oxygen atoms in total. The molecule has 0 spiro atoms. The maximum atomic E-state index is 12.6. The van der Waals surface area contributed by atoms with E-state index in [9.17, 15) is 22.8 Å². The number of carbonyl (C=O) groups excluding carboxylic acids is 2. The fourth-order valence-electron chi connectivity index (χ4n) is 2.60. The largest absolute Gasteiger partial charge is 0.468 e. The molecule has 0 fully saturated rings. The number of alkyl halides is 3. The van der Waals surface area contributed by atoms with E-state index >= 15 is 0 Å². The van der Waals surface area contributed by atoms with Crippen LogP contribution in [0.4, 0.5) is 19.0 Å². The van der Waals surface area contributed by atoms with E-state index in [0.29, 0.717) is 28.8 Å². The van der Waals surface area contributed by atoms with E-state index in [0.717, 1.165) is 0 Å². The van der Waals surface area contributed by atoms with Crippen LogP contribution in [0.1, 0.15) is 48.0 Å². The zero-order valence-electron chi connectivity index (χ0n) is 17.8. The summed E-state index contributed by atoms with van der Waals surface area (Å²) in [5.74, 6) is -0.630. The molecule has 2 rings (SSSR count). The highest BCUT2D eigenvalue weighted by molar-refractivity contribution is 5.97. The standard InChI is InChI=1S/C21H25F3N4O3/c1-5-15-7-14(10-26-20(15)31-11-21(22,23)24)9-25-19(30)16-6-13(4)27-17(8-16)28-18(29)12(2)3/h6-8,10,12H,5,9,11H2,1-4H3,(H,25,30)(H,27,28,29). The van der Waals surface area contributed by atoms with Gasteiger partial charge in [0, 0.05) is 35.5 Å². The summed E-state index contributed by atoms with van der Waals surface area (Å²) in [4.78, 5) is 32.6. The quantitative estimate of drug-likeness (QED) is 0.654. The minimum atomic E-state index is -4.45. The van der Waals surface area contributed by atoms with Gasteiger partial charge >= 0.3 is 6.18 Å². The first-order valence-corrected chi connectivity index (χ1v) is 9.73. The summed E-state index contributed by atoms with van der Waals surface area (Å²) in [6.07, 6.45) is -2.67. The van der Waals surface area contributed by atoms with Gasteiger partial charge in [0.05, 0.1) is 0 Å². The van der Waals surface area contributed by atoms with Gasteiger partial charge in [-0.05, 0) is 37.1 Å². The number of aryl methyl sites for hydroxylation is 2. The van der Waals surface area contributed by atoms with Crippen molar-refractivity contribution in [2.24, 2.45) is 5.92 Å². The Morgan fingerprint density at radius 3 is 2.52 bits per heavy atom. The SMILES string of the molecule is CCc1cc(CNC(=O)c2cc(C)nc(NC(=O)C(C)C)c2)cnc1OCC(F)(F)F. The molecule has 0 unspecified atom stereocenters. The van der Waals surface area contributed by atoms with E-state index < -0.39 is 12.8 Å². The number of anilines is 1. The Morgan fingerprint density at radius 2 is 1.90 bits per heavy atom. The molecule has 0 aliphatic heterocycles. The molecule has 2 heterocycles. The fraction of sp³-hybridized carbons (Fsp3) is 0.429. The van der Waals surface area contributed by atoms with Crippen molar-refractivity contribution < 1.29 is 27.5 Å². The van der Waals surface area contributed by atoms with Crippen molar-refractivity contribution in [2.75, 3.05) is 11.9 Å². The maximum absolute atomic E-state index is 12.6.